The molecule has 1 amide bonds. The van der Waals surface area contributed by atoms with E-state index in [1.807, 2.05) is 11.0 Å². The highest BCUT2D eigenvalue weighted by atomic mass is 16.3. The highest BCUT2D eigenvalue weighted by Gasteiger charge is 2.25. The number of hydrogen-bond acceptors (Lipinski definition) is 6. The van der Waals surface area contributed by atoms with Crippen molar-refractivity contribution >= 4 is 5.91 Å². The van der Waals surface area contributed by atoms with Crippen molar-refractivity contribution in [3.05, 3.63) is 30.5 Å². The molecule has 1 unspecified atom stereocenters. The van der Waals surface area contributed by atoms with Gasteiger partial charge in [-0.3, -0.25) is 14.6 Å². The van der Waals surface area contributed by atoms with E-state index in [-0.39, 0.29) is 12.0 Å². The van der Waals surface area contributed by atoms with Gasteiger partial charge in [0, 0.05) is 45.8 Å². The monoisotopic (exact) mass is 390 g/mol. The predicted octanol–water partition coefficient (Wildman–Crippen LogP) is 1.99. The van der Waals surface area contributed by atoms with E-state index in [1.165, 1.54) is 6.26 Å². The summed E-state index contributed by atoms with van der Waals surface area (Å²) in [4.78, 5) is 23.5. The molecule has 1 aromatic rings. The van der Waals surface area contributed by atoms with E-state index >= 15 is 0 Å². The van der Waals surface area contributed by atoms with Crippen LogP contribution in [0.15, 0.2) is 23.3 Å². The summed E-state index contributed by atoms with van der Waals surface area (Å²) in [5, 5.41) is 10.0. The van der Waals surface area contributed by atoms with Gasteiger partial charge < -0.3 is 14.4 Å². The van der Waals surface area contributed by atoms with Gasteiger partial charge in [-0.1, -0.05) is 13.0 Å². The molecule has 156 valence electrons. The fourth-order valence-electron chi connectivity index (χ4n) is 3.88. The molecule has 3 heterocycles. The third-order valence-corrected chi connectivity index (χ3v) is 5.84. The van der Waals surface area contributed by atoms with Crippen LogP contribution in [0.3, 0.4) is 0 Å². The minimum atomic E-state index is -0.289. The first-order valence-electron chi connectivity index (χ1n) is 10.5. The summed E-state index contributed by atoms with van der Waals surface area (Å²) in [5.41, 5.74) is 0.425. The Kier molecular flexibility index (Phi) is 7.65. The van der Waals surface area contributed by atoms with Crippen LogP contribution < -0.4 is 0 Å². The van der Waals surface area contributed by atoms with Gasteiger partial charge in [0.1, 0.15) is 6.26 Å². The van der Waals surface area contributed by atoms with Crippen LogP contribution in [0.5, 0.6) is 0 Å². The number of piperazine rings is 1. The molecule has 0 bridgehead atoms. The maximum Gasteiger partial charge on any atom is 0.275 e. The Bertz CT molecular complexity index is 631. The highest BCUT2D eigenvalue weighted by molar-refractivity contribution is 5.92. The van der Waals surface area contributed by atoms with Gasteiger partial charge in [-0.05, 0) is 31.6 Å². The van der Waals surface area contributed by atoms with Gasteiger partial charge in [-0.2, -0.15) is 0 Å². The van der Waals surface area contributed by atoms with Crippen molar-refractivity contribution in [1.29, 1.82) is 0 Å². The Hall–Kier alpha value is -1.70. The summed E-state index contributed by atoms with van der Waals surface area (Å²) in [5.74, 6) is 1.28. The van der Waals surface area contributed by atoms with Crippen LogP contribution in [0.1, 0.15) is 49.0 Å². The lowest BCUT2D eigenvalue weighted by Crippen LogP contribution is -2.48. The van der Waals surface area contributed by atoms with Crippen molar-refractivity contribution in [1.82, 2.24) is 19.7 Å². The molecule has 7 heteroatoms. The smallest absolute Gasteiger partial charge is 0.275 e. The summed E-state index contributed by atoms with van der Waals surface area (Å²) >= 11 is 0. The van der Waals surface area contributed by atoms with Crippen molar-refractivity contribution < 1.29 is 14.3 Å². The molecule has 0 aromatic carbocycles. The van der Waals surface area contributed by atoms with Crippen LogP contribution in [0.25, 0.3) is 0 Å². The molecule has 0 spiro atoms. The number of aliphatic hydroxyl groups excluding tert-OH is 1. The van der Waals surface area contributed by atoms with Crippen LogP contribution in [0.4, 0.5) is 0 Å². The normalized spacial score (nSPS) is 21.0. The maximum atomic E-state index is 12.6. The minimum Gasteiger partial charge on any atom is -0.447 e. The van der Waals surface area contributed by atoms with Gasteiger partial charge in [-0.15, -0.1) is 6.58 Å². The second kappa shape index (κ2) is 10.2. The van der Waals surface area contributed by atoms with E-state index in [0.29, 0.717) is 30.6 Å². The molecule has 2 fully saturated rings. The number of β-amino-alcohol motifs (C(OH)–C–C–N with tert-alkyl or cyclic N) is 1. The first-order chi connectivity index (χ1) is 13.5. The summed E-state index contributed by atoms with van der Waals surface area (Å²) in [6, 6.07) is 0. The first-order valence-corrected chi connectivity index (χ1v) is 10.5. The Balaban J connectivity index is 1.42. The van der Waals surface area contributed by atoms with E-state index in [4.69, 9.17) is 4.42 Å². The molecule has 0 radical (unpaired) electrons. The molecule has 7 nitrogen and oxygen atoms in total. The SMILES string of the molecule is C=CCCC(O)CN1CCN(Cc2nc(C(=O)N3CCC(C)CC3)co2)CC1. The summed E-state index contributed by atoms with van der Waals surface area (Å²) < 4.78 is 5.57. The molecule has 28 heavy (non-hydrogen) atoms. The molecule has 0 aliphatic carbocycles. The molecule has 3 rings (SSSR count). The lowest BCUT2D eigenvalue weighted by molar-refractivity contribution is 0.0641. The van der Waals surface area contributed by atoms with Crippen molar-refractivity contribution in [3.63, 3.8) is 0 Å². The summed E-state index contributed by atoms with van der Waals surface area (Å²) in [6.45, 7) is 12.5. The standard InChI is InChI=1S/C21H34N4O3/c1-3-4-5-18(26)14-23-10-12-24(13-11-23)15-20-22-19(16-28-20)21(27)25-8-6-17(2)7-9-25/h3,16-18,26H,1,4-15H2,2H3. The zero-order valence-corrected chi connectivity index (χ0v) is 17.1. The molecule has 2 saturated heterocycles. The van der Waals surface area contributed by atoms with E-state index < -0.39 is 0 Å². The number of aliphatic hydroxyl groups is 1. The number of oxazole rings is 1. The van der Waals surface area contributed by atoms with Crippen LogP contribution in [-0.2, 0) is 6.54 Å². The summed E-state index contributed by atoms with van der Waals surface area (Å²) in [7, 11) is 0. The quantitative estimate of drug-likeness (QED) is 0.685. The second-order valence-corrected chi connectivity index (χ2v) is 8.20. The number of allylic oxidation sites excluding steroid dienone is 1. The number of hydrogen-bond donors (Lipinski definition) is 1. The Labute approximate surface area is 168 Å². The van der Waals surface area contributed by atoms with Crippen LogP contribution >= 0.6 is 0 Å². The predicted molar refractivity (Wildman–Crippen MR) is 108 cm³/mol. The van der Waals surface area contributed by atoms with E-state index in [2.05, 4.69) is 28.3 Å². The molecule has 1 atom stereocenters. The zero-order chi connectivity index (χ0) is 19.9. The third-order valence-electron chi connectivity index (χ3n) is 5.84. The van der Waals surface area contributed by atoms with Gasteiger partial charge in [0.2, 0.25) is 5.89 Å². The number of likely N-dealkylation sites (tertiary alicyclic amines) is 1. The molecular formula is C21H34N4O3. The number of carbonyl (C=O) groups is 1. The van der Waals surface area contributed by atoms with Crippen LogP contribution in [-0.4, -0.2) is 82.6 Å². The second-order valence-electron chi connectivity index (χ2n) is 8.20. The van der Waals surface area contributed by atoms with Crippen molar-refractivity contribution in [2.24, 2.45) is 5.92 Å². The maximum absolute atomic E-state index is 12.6. The lowest BCUT2D eigenvalue weighted by Gasteiger charge is -2.35. The van der Waals surface area contributed by atoms with Crippen molar-refractivity contribution in [2.75, 3.05) is 45.8 Å². The third kappa shape index (κ3) is 5.90. The van der Waals surface area contributed by atoms with Gasteiger partial charge in [0.25, 0.3) is 5.91 Å². The van der Waals surface area contributed by atoms with Crippen molar-refractivity contribution in [3.8, 4) is 0 Å². The van der Waals surface area contributed by atoms with E-state index in [0.717, 1.165) is 65.0 Å². The molecule has 2 aliphatic rings. The number of carbonyl (C=O) groups excluding carboxylic acids is 1. The largest absolute Gasteiger partial charge is 0.447 e. The number of rotatable bonds is 8. The average molecular weight is 391 g/mol. The van der Waals surface area contributed by atoms with Crippen LogP contribution in [0.2, 0.25) is 0 Å². The minimum absolute atomic E-state index is 0.0137. The fourth-order valence-corrected chi connectivity index (χ4v) is 3.88. The topological polar surface area (TPSA) is 73.1 Å². The van der Waals surface area contributed by atoms with Gasteiger partial charge in [-0.25, -0.2) is 4.98 Å². The van der Waals surface area contributed by atoms with Crippen LogP contribution in [0, 0.1) is 5.92 Å². The number of nitrogens with zero attached hydrogens (tertiary/aromatic N) is 4. The Morgan fingerprint density at radius 2 is 1.96 bits per heavy atom. The van der Waals surface area contributed by atoms with Crippen molar-refractivity contribution in [2.45, 2.75) is 45.3 Å². The molecule has 1 N–H and O–H groups in total. The Morgan fingerprint density at radius 1 is 1.29 bits per heavy atom. The fraction of sp³-hybridized carbons (Fsp3) is 0.714. The summed E-state index contributed by atoms with van der Waals surface area (Å²) in [6.07, 6.45) is 6.80. The molecule has 2 aliphatic heterocycles. The highest BCUT2D eigenvalue weighted by Crippen LogP contribution is 2.18. The van der Waals surface area contributed by atoms with E-state index in [1.54, 1.807) is 0 Å². The Morgan fingerprint density at radius 3 is 2.64 bits per heavy atom. The number of piperidine rings is 1. The number of aromatic nitrogens is 1. The molecule has 0 saturated carbocycles. The number of amides is 1. The average Bonchev–Trinajstić information content (AvgIpc) is 3.16. The molecular weight excluding hydrogens is 356 g/mol. The lowest BCUT2D eigenvalue weighted by atomic mass is 9.99. The molecule has 1 aromatic heterocycles. The van der Waals surface area contributed by atoms with Gasteiger partial charge in [0.15, 0.2) is 5.69 Å². The van der Waals surface area contributed by atoms with E-state index in [9.17, 15) is 9.90 Å². The zero-order valence-electron chi connectivity index (χ0n) is 17.1. The van der Waals surface area contributed by atoms with Gasteiger partial charge >= 0.3 is 0 Å². The van der Waals surface area contributed by atoms with Gasteiger partial charge in [0.05, 0.1) is 12.6 Å². The first kappa shape index (κ1) is 21.0.